The van der Waals surface area contributed by atoms with Crippen molar-refractivity contribution in [2.24, 2.45) is 0 Å². The van der Waals surface area contributed by atoms with Gasteiger partial charge in [0.05, 0.1) is 4.90 Å². The summed E-state index contributed by atoms with van der Waals surface area (Å²) < 4.78 is 58.8. The van der Waals surface area contributed by atoms with Gasteiger partial charge in [-0.3, -0.25) is 9.11 Å². The van der Waals surface area contributed by atoms with E-state index in [1.807, 2.05) is 0 Å². The van der Waals surface area contributed by atoms with Crippen LogP contribution in [0.25, 0.3) is 0 Å². The fourth-order valence-electron chi connectivity index (χ4n) is 0.834. The van der Waals surface area contributed by atoms with Crippen LogP contribution in [0.3, 0.4) is 0 Å². The summed E-state index contributed by atoms with van der Waals surface area (Å²) in [4.78, 5) is 1.23. The van der Waals surface area contributed by atoms with Crippen LogP contribution >= 0.6 is 0 Å². The van der Waals surface area contributed by atoms with Crippen LogP contribution in [-0.4, -0.2) is 25.9 Å². The third-order valence-corrected chi connectivity index (χ3v) is 2.70. The van der Waals surface area contributed by atoms with Crippen LogP contribution in [0.4, 0.5) is 5.69 Å². The molecule has 0 saturated heterocycles. The second-order valence-electron chi connectivity index (χ2n) is 2.70. The zero-order valence-electron chi connectivity index (χ0n) is 7.65. The molecule has 0 aliphatic rings. The molecule has 0 aliphatic heterocycles. The van der Waals surface area contributed by atoms with Crippen molar-refractivity contribution in [3.8, 4) is 0 Å². The highest BCUT2D eigenvalue weighted by atomic mass is 32.2. The van der Waals surface area contributed by atoms with E-state index in [0.717, 1.165) is 12.1 Å². The Morgan fingerprint density at radius 2 is 1.44 bits per heavy atom. The maximum absolute atomic E-state index is 10.6. The van der Waals surface area contributed by atoms with Crippen LogP contribution < -0.4 is 10.3 Å². The van der Waals surface area contributed by atoms with E-state index in [0.29, 0.717) is 0 Å². The average molecular weight is 268 g/mol. The summed E-state index contributed by atoms with van der Waals surface area (Å²) in [7, 11) is -8.67. The van der Waals surface area contributed by atoms with Crippen LogP contribution in [0.5, 0.6) is 0 Å². The van der Waals surface area contributed by atoms with E-state index in [9.17, 15) is 16.8 Å². The van der Waals surface area contributed by atoms with Crippen molar-refractivity contribution in [2.45, 2.75) is 4.90 Å². The Morgan fingerprint density at radius 1 is 0.938 bits per heavy atom. The molecule has 0 unspecified atom stereocenters. The van der Waals surface area contributed by atoms with Crippen molar-refractivity contribution in [1.29, 1.82) is 0 Å². The predicted molar refractivity (Wildman–Crippen MR) is 54.6 cm³/mol. The van der Waals surface area contributed by atoms with Gasteiger partial charge in [0.2, 0.25) is 0 Å². The third kappa shape index (κ3) is 4.12. The molecule has 90 valence electrons. The van der Waals surface area contributed by atoms with Gasteiger partial charge in [0.25, 0.3) is 10.1 Å². The van der Waals surface area contributed by atoms with Crippen LogP contribution in [0.15, 0.2) is 29.2 Å². The number of hydrogen-bond acceptors (Lipinski definition) is 5. The molecule has 0 spiro atoms. The van der Waals surface area contributed by atoms with E-state index in [1.165, 1.54) is 12.1 Å². The molecule has 0 bridgehead atoms. The van der Waals surface area contributed by atoms with Crippen molar-refractivity contribution >= 4 is 26.1 Å². The first-order chi connectivity index (χ1) is 7.18. The van der Waals surface area contributed by atoms with Gasteiger partial charge in [0.1, 0.15) is 0 Å². The molecule has 16 heavy (non-hydrogen) atoms. The summed E-state index contributed by atoms with van der Waals surface area (Å²) in [6.07, 6.45) is 0. The number of hydrogen-bond donors (Lipinski definition) is 4. The fraction of sp³-hybridized carbons (Fsp3) is 0. The Hall–Kier alpha value is -1.20. The first-order valence-corrected chi connectivity index (χ1v) is 6.64. The maximum atomic E-state index is 10.6. The summed E-state index contributed by atoms with van der Waals surface area (Å²) in [5.41, 5.74) is 2.28. The van der Waals surface area contributed by atoms with Crippen molar-refractivity contribution < 1.29 is 25.9 Å². The Morgan fingerprint density at radius 3 is 1.81 bits per heavy atom. The quantitative estimate of drug-likeness (QED) is 0.433. The Bertz CT molecular complexity index is 562. The molecule has 1 aromatic carbocycles. The SMILES string of the molecule is O=S(=O)(O)NNc1ccc(S(=O)(=O)O)cc1. The van der Waals surface area contributed by atoms with E-state index < -0.39 is 20.4 Å². The molecule has 1 aromatic rings. The van der Waals surface area contributed by atoms with Crippen molar-refractivity contribution in [2.75, 3.05) is 5.43 Å². The van der Waals surface area contributed by atoms with Gasteiger partial charge in [-0.25, -0.2) is 0 Å². The topological polar surface area (TPSA) is 133 Å². The van der Waals surface area contributed by atoms with Crippen LogP contribution in [0.2, 0.25) is 0 Å². The van der Waals surface area contributed by atoms with Crippen LogP contribution in [0.1, 0.15) is 0 Å². The molecule has 0 aromatic heterocycles. The normalized spacial score (nSPS) is 12.4. The van der Waals surface area contributed by atoms with Crippen molar-refractivity contribution in [3.05, 3.63) is 24.3 Å². The molecule has 10 heteroatoms. The first kappa shape index (κ1) is 12.9. The van der Waals surface area contributed by atoms with E-state index >= 15 is 0 Å². The molecular weight excluding hydrogens is 260 g/mol. The lowest BCUT2D eigenvalue weighted by atomic mass is 10.3. The number of nitrogens with one attached hydrogen (secondary N) is 2. The van der Waals surface area contributed by atoms with Crippen LogP contribution in [-0.2, 0) is 20.4 Å². The van der Waals surface area contributed by atoms with E-state index in [2.05, 4.69) is 5.43 Å². The minimum atomic E-state index is -4.39. The van der Waals surface area contributed by atoms with Gasteiger partial charge in [0.15, 0.2) is 0 Å². The molecule has 8 nitrogen and oxygen atoms in total. The van der Waals surface area contributed by atoms with Gasteiger partial charge >= 0.3 is 10.3 Å². The molecule has 0 heterocycles. The predicted octanol–water partition coefficient (Wildman–Crippen LogP) is -0.347. The average Bonchev–Trinajstić information content (AvgIpc) is 2.13. The van der Waals surface area contributed by atoms with E-state index in [-0.39, 0.29) is 10.6 Å². The zero-order chi connectivity index (χ0) is 12.4. The molecule has 0 fully saturated rings. The molecule has 0 atom stereocenters. The highest BCUT2D eigenvalue weighted by Crippen LogP contribution is 2.12. The minimum absolute atomic E-state index is 0.185. The largest absolute Gasteiger partial charge is 0.350 e. The molecule has 1 rings (SSSR count). The molecule has 0 amide bonds. The molecule has 0 radical (unpaired) electrons. The molecular formula is C6H8N2O6S2. The fourth-order valence-corrected chi connectivity index (χ4v) is 1.56. The minimum Gasteiger partial charge on any atom is -0.306 e. The van der Waals surface area contributed by atoms with E-state index in [1.54, 1.807) is 4.83 Å². The van der Waals surface area contributed by atoms with Crippen molar-refractivity contribution in [1.82, 2.24) is 4.83 Å². The number of anilines is 1. The lowest BCUT2D eigenvalue weighted by Gasteiger charge is -2.05. The van der Waals surface area contributed by atoms with Crippen LogP contribution in [0, 0.1) is 0 Å². The van der Waals surface area contributed by atoms with Gasteiger partial charge < -0.3 is 5.43 Å². The number of hydrazine groups is 1. The van der Waals surface area contributed by atoms with Gasteiger partial charge in [0, 0.05) is 5.69 Å². The standard InChI is InChI=1S/C6H8N2O6S2/c9-15(10,11)6-3-1-5(2-4-6)7-8-16(12,13)14/h1-4,7-8H,(H,9,10,11)(H,12,13,14). The van der Waals surface area contributed by atoms with Gasteiger partial charge in [-0.05, 0) is 24.3 Å². The molecule has 0 aliphatic carbocycles. The van der Waals surface area contributed by atoms with Gasteiger partial charge in [-0.2, -0.15) is 16.8 Å². The smallest absolute Gasteiger partial charge is 0.306 e. The number of benzene rings is 1. The highest BCUT2D eigenvalue weighted by molar-refractivity contribution is 7.85. The second kappa shape index (κ2) is 4.35. The second-order valence-corrected chi connectivity index (χ2v) is 5.28. The van der Waals surface area contributed by atoms with E-state index in [4.69, 9.17) is 9.11 Å². The molecule has 4 N–H and O–H groups in total. The molecule has 0 saturated carbocycles. The highest BCUT2D eigenvalue weighted by Gasteiger charge is 2.08. The van der Waals surface area contributed by atoms with Crippen molar-refractivity contribution in [3.63, 3.8) is 0 Å². The summed E-state index contributed by atoms with van der Waals surface area (Å²) in [5, 5.41) is 0. The van der Waals surface area contributed by atoms with Gasteiger partial charge in [-0.1, -0.05) is 0 Å². The van der Waals surface area contributed by atoms with Gasteiger partial charge in [-0.15, -0.1) is 4.83 Å². The summed E-state index contributed by atoms with van der Waals surface area (Å²) in [5.74, 6) is 0. The zero-order valence-corrected chi connectivity index (χ0v) is 9.29. The summed E-state index contributed by atoms with van der Waals surface area (Å²) >= 11 is 0. The lowest BCUT2D eigenvalue weighted by molar-refractivity contribution is 0.472. The monoisotopic (exact) mass is 268 g/mol. The number of rotatable bonds is 4. The third-order valence-electron chi connectivity index (χ3n) is 1.48. The Labute approximate surface area is 91.9 Å². The maximum Gasteiger partial charge on any atom is 0.350 e. The first-order valence-electron chi connectivity index (χ1n) is 3.76. The Kier molecular flexibility index (Phi) is 3.50. The lowest BCUT2D eigenvalue weighted by Crippen LogP contribution is -2.28. The summed E-state index contributed by atoms with van der Waals surface area (Å²) in [6, 6.07) is 4.51. The Balaban J connectivity index is 2.81. The summed E-state index contributed by atoms with van der Waals surface area (Å²) in [6.45, 7) is 0.